The van der Waals surface area contributed by atoms with Crippen LogP contribution in [0.1, 0.15) is 31.2 Å². The number of rotatable bonds is 6. The van der Waals surface area contributed by atoms with Gasteiger partial charge in [-0.05, 0) is 37.3 Å². The average molecular weight is 344 g/mol. The Labute approximate surface area is 128 Å². The molecule has 0 unspecified atom stereocenters. The van der Waals surface area contributed by atoms with E-state index in [0.717, 1.165) is 23.3 Å². The zero-order valence-corrected chi connectivity index (χ0v) is 14.1. The molecule has 0 saturated heterocycles. The molecule has 1 N–H and O–H groups in total. The van der Waals surface area contributed by atoms with E-state index in [-0.39, 0.29) is 0 Å². The molecule has 0 amide bonds. The summed E-state index contributed by atoms with van der Waals surface area (Å²) in [5, 5.41) is 3.62. The van der Waals surface area contributed by atoms with Crippen molar-refractivity contribution in [2.75, 3.05) is 19.9 Å². The van der Waals surface area contributed by atoms with E-state index in [9.17, 15) is 0 Å². The van der Waals surface area contributed by atoms with Gasteiger partial charge in [0.25, 0.3) is 0 Å². The van der Waals surface area contributed by atoms with Crippen LogP contribution in [0.5, 0.6) is 5.75 Å². The van der Waals surface area contributed by atoms with Gasteiger partial charge in [-0.25, -0.2) is 0 Å². The first-order valence-electron chi connectivity index (χ1n) is 6.77. The molecule has 2 rings (SSSR count). The van der Waals surface area contributed by atoms with Crippen molar-refractivity contribution in [2.24, 2.45) is 0 Å². The highest BCUT2D eigenvalue weighted by molar-refractivity contribution is 9.10. The summed E-state index contributed by atoms with van der Waals surface area (Å²) in [6.07, 6.45) is 7.69. The van der Waals surface area contributed by atoms with Gasteiger partial charge in [0.05, 0.1) is 7.11 Å². The van der Waals surface area contributed by atoms with Crippen molar-refractivity contribution in [1.82, 2.24) is 5.32 Å². The lowest BCUT2D eigenvalue weighted by molar-refractivity contribution is 0.406. The maximum Gasteiger partial charge on any atom is 0.123 e. The zero-order valence-electron chi connectivity index (χ0n) is 11.7. The van der Waals surface area contributed by atoms with Gasteiger partial charge in [0, 0.05) is 27.9 Å². The van der Waals surface area contributed by atoms with Crippen LogP contribution in [0.25, 0.3) is 0 Å². The minimum absolute atomic E-state index is 0.458. The summed E-state index contributed by atoms with van der Waals surface area (Å²) in [6.45, 7) is 1.95. The summed E-state index contributed by atoms with van der Waals surface area (Å²) in [5.41, 5.74) is 1.21. The summed E-state index contributed by atoms with van der Waals surface area (Å²) in [6, 6.07) is 6.16. The standard InChI is InChI=1S/C15H22BrNOS/c1-18-14-6-5-13(16)9-12(14)10-17-11-15(19-2)7-3-4-8-15/h5-6,9,17H,3-4,7-8,10-11H2,1-2H3. The molecule has 0 aliphatic heterocycles. The topological polar surface area (TPSA) is 21.3 Å². The molecule has 1 aromatic carbocycles. The van der Waals surface area contributed by atoms with Gasteiger partial charge in [-0.15, -0.1) is 0 Å². The van der Waals surface area contributed by atoms with E-state index in [4.69, 9.17) is 4.74 Å². The normalized spacial score (nSPS) is 17.6. The van der Waals surface area contributed by atoms with Gasteiger partial charge in [-0.3, -0.25) is 0 Å². The van der Waals surface area contributed by atoms with Crippen molar-refractivity contribution in [1.29, 1.82) is 0 Å². The van der Waals surface area contributed by atoms with Crippen molar-refractivity contribution < 1.29 is 4.74 Å². The molecule has 0 bridgehead atoms. The fraction of sp³-hybridized carbons (Fsp3) is 0.600. The lowest BCUT2D eigenvalue weighted by Crippen LogP contribution is -2.34. The number of hydrogen-bond donors (Lipinski definition) is 1. The fourth-order valence-corrected chi connectivity index (χ4v) is 4.13. The summed E-state index contributed by atoms with van der Waals surface area (Å²) in [5.74, 6) is 0.959. The number of hydrogen-bond acceptors (Lipinski definition) is 3. The molecule has 19 heavy (non-hydrogen) atoms. The Morgan fingerprint density at radius 2 is 2.11 bits per heavy atom. The van der Waals surface area contributed by atoms with Gasteiger partial charge in [-0.1, -0.05) is 28.8 Å². The monoisotopic (exact) mass is 343 g/mol. The van der Waals surface area contributed by atoms with Gasteiger partial charge < -0.3 is 10.1 Å². The summed E-state index contributed by atoms with van der Waals surface area (Å²) >= 11 is 5.55. The molecule has 1 aliphatic carbocycles. The van der Waals surface area contributed by atoms with Gasteiger partial charge in [0.1, 0.15) is 5.75 Å². The molecule has 0 radical (unpaired) electrons. The molecule has 2 nitrogen and oxygen atoms in total. The van der Waals surface area contributed by atoms with Gasteiger partial charge in [-0.2, -0.15) is 11.8 Å². The minimum atomic E-state index is 0.458. The van der Waals surface area contributed by atoms with Crippen LogP contribution >= 0.6 is 27.7 Å². The highest BCUT2D eigenvalue weighted by Crippen LogP contribution is 2.39. The second-order valence-electron chi connectivity index (χ2n) is 5.15. The number of nitrogens with one attached hydrogen (secondary N) is 1. The Morgan fingerprint density at radius 3 is 2.74 bits per heavy atom. The molecule has 106 valence electrons. The number of halogens is 1. The van der Waals surface area contributed by atoms with Crippen LogP contribution in [0, 0.1) is 0 Å². The quantitative estimate of drug-likeness (QED) is 0.835. The van der Waals surface area contributed by atoms with Gasteiger partial charge in [0.15, 0.2) is 0 Å². The van der Waals surface area contributed by atoms with Crippen LogP contribution in [0.2, 0.25) is 0 Å². The first-order chi connectivity index (χ1) is 9.19. The molecule has 0 aromatic heterocycles. The maximum atomic E-state index is 5.41. The van der Waals surface area contributed by atoms with Crippen molar-refractivity contribution in [3.8, 4) is 5.75 Å². The molecule has 1 saturated carbocycles. The first-order valence-corrected chi connectivity index (χ1v) is 8.79. The van der Waals surface area contributed by atoms with Gasteiger partial charge in [0.2, 0.25) is 0 Å². The second-order valence-corrected chi connectivity index (χ2v) is 7.34. The average Bonchev–Trinajstić information content (AvgIpc) is 2.88. The van der Waals surface area contributed by atoms with E-state index < -0.39 is 0 Å². The number of ether oxygens (including phenoxy) is 1. The third kappa shape index (κ3) is 3.89. The lowest BCUT2D eigenvalue weighted by Gasteiger charge is -2.27. The summed E-state index contributed by atoms with van der Waals surface area (Å²) in [7, 11) is 1.73. The molecular weight excluding hydrogens is 322 g/mol. The van der Waals surface area contributed by atoms with E-state index in [1.807, 2.05) is 23.9 Å². The number of benzene rings is 1. The van der Waals surface area contributed by atoms with Crippen LogP contribution in [0.3, 0.4) is 0 Å². The number of thioether (sulfide) groups is 1. The Morgan fingerprint density at radius 1 is 1.37 bits per heavy atom. The van der Waals surface area contributed by atoms with Crippen molar-refractivity contribution >= 4 is 27.7 Å². The summed E-state index contributed by atoms with van der Waals surface area (Å²) in [4.78, 5) is 0. The molecule has 1 aromatic rings. The highest BCUT2D eigenvalue weighted by Gasteiger charge is 2.32. The van der Waals surface area contributed by atoms with Crippen LogP contribution < -0.4 is 10.1 Å². The second kappa shape index (κ2) is 7.00. The van der Waals surface area contributed by atoms with E-state index in [0.29, 0.717) is 4.75 Å². The van der Waals surface area contributed by atoms with Crippen LogP contribution in [-0.4, -0.2) is 24.7 Å². The predicted octanol–water partition coefficient (Wildman–Crippen LogP) is 4.22. The Balaban J connectivity index is 1.93. The van der Waals surface area contributed by atoms with E-state index in [1.54, 1.807) is 7.11 Å². The Kier molecular flexibility index (Phi) is 5.60. The van der Waals surface area contributed by atoms with Crippen LogP contribution in [0.4, 0.5) is 0 Å². The zero-order chi connectivity index (χ0) is 13.7. The molecule has 1 aliphatic rings. The van der Waals surface area contributed by atoms with E-state index in [1.165, 1.54) is 31.2 Å². The Bertz CT molecular complexity index is 419. The first kappa shape index (κ1) is 15.2. The molecule has 0 heterocycles. The minimum Gasteiger partial charge on any atom is -0.496 e. The van der Waals surface area contributed by atoms with Gasteiger partial charge >= 0.3 is 0 Å². The molecule has 0 atom stereocenters. The summed E-state index contributed by atoms with van der Waals surface area (Å²) < 4.78 is 6.97. The molecule has 1 fully saturated rings. The van der Waals surface area contributed by atoms with E-state index >= 15 is 0 Å². The molecule has 0 spiro atoms. The van der Waals surface area contributed by atoms with Crippen LogP contribution in [-0.2, 0) is 6.54 Å². The highest BCUT2D eigenvalue weighted by atomic mass is 79.9. The number of methoxy groups -OCH3 is 1. The third-order valence-electron chi connectivity index (χ3n) is 3.95. The predicted molar refractivity (Wildman–Crippen MR) is 87.1 cm³/mol. The largest absolute Gasteiger partial charge is 0.496 e. The SMILES string of the molecule is COc1ccc(Br)cc1CNCC1(SC)CCCC1. The lowest BCUT2D eigenvalue weighted by atomic mass is 10.1. The fourth-order valence-electron chi connectivity index (χ4n) is 2.78. The van der Waals surface area contributed by atoms with Crippen LogP contribution in [0.15, 0.2) is 22.7 Å². The van der Waals surface area contributed by atoms with E-state index in [2.05, 4.69) is 33.6 Å². The van der Waals surface area contributed by atoms with Crippen molar-refractivity contribution in [3.05, 3.63) is 28.2 Å². The molecular formula is C15H22BrNOS. The molecule has 4 heteroatoms. The maximum absolute atomic E-state index is 5.41. The third-order valence-corrected chi connectivity index (χ3v) is 5.86. The Hall–Kier alpha value is -0.190. The van der Waals surface area contributed by atoms with Crippen molar-refractivity contribution in [3.63, 3.8) is 0 Å². The van der Waals surface area contributed by atoms with Crippen molar-refractivity contribution in [2.45, 2.75) is 37.0 Å². The smallest absolute Gasteiger partial charge is 0.123 e.